The van der Waals surface area contributed by atoms with E-state index in [1.165, 1.54) is 7.05 Å². The second-order valence-corrected chi connectivity index (χ2v) is 6.08. The monoisotopic (exact) mass is 380 g/mol. The Labute approximate surface area is 154 Å². The van der Waals surface area contributed by atoms with Gasteiger partial charge in [0.2, 0.25) is 5.91 Å². The summed E-state index contributed by atoms with van der Waals surface area (Å²) < 4.78 is 45.1. The maximum atomic E-state index is 13.6. The van der Waals surface area contributed by atoms with Gasteiger partial charge in [-0.25, -0.2) is 13.2 Å². The summed E-state index contributed by atoms with van der Waals surface area (Å²) in [6, 6.07) is 7.17. The lowest BCUT2D eigenvalue weighted by atomic mass is 10.1. The molecule has 0 fully saturated rings. The number of benzene rings is 2. The summed E-state index contributed by atoms with van der Waals surface area (Å²) in [4.78, 5) is 25.1. The fourth-order valence-corrected chi connectivity index (χ4v) is 2.23. The van der Waals surface area contributed by atoms with E-state index >= 15 is 0 Å². The van der Waals surface area contributed by atoms with Crippen molar-refractivity contribution in [1.82, 2.24) is 4.90 Å². The van der Waals surface area contributed by atoms with E-state index in [4.69, 9.17) is 4.74 Å². The first-order valence-electron chi connectivity index (χ1n) is 8.06. The van der Waals surface area contributed by atoms with E-state index in [-0.39, 0.29) is 6.61 Å². The van der Waals surface area contributed by atoms with Gasteiger partial charge < -0.3 is 15.0 Å². The minimum atomic E-state index is -1.68. The molecule has 0 saturated carbocycles. The van der Waals surface area contributed by atoms with Crippen molar-refractivity contribution >= 4 is 17.5 Å². The number of rotatable bonds is 6. The lowest BCUT2D eigenvalue weighted by molar-refractivity contribution is -0.135. The summed E-state index contributed by atoms with van der Waals surface area (Å²) >= 11 is 0. The van der Waals surface area contributed by atoms with Gasteiger partial charge in [-0.1, -0.05) is 12.1 Å². The molecule has 0 aliphatic rings. The number of nitrogens with one attached hydrogen (secondary N) is 1. The van der Waals surface area contributed by atoms with Gasteiger partial charge in [0, 0.05) is 7.05 Å². The average molecular weight is 380 g/mol. The Morgan fingerprint density at radius 1 is 1.07 bits per heavy atom. The van der Waals surface area contributed by atoms with Crippen LogP contribution in [0.1, 0.15) is 11.1 Å². The van der Waals surface area contributed by atoms with E-state index in [0.717, 1.165) is 22.1 Å². The number of nitrogens with zero attached hydrogens (tertiary/aromatic N) is 1. The first kappa shape index (κ1) is 20.3. The fraction of sp³-hybridized carbons (Fsp3) is 0.263. The quantitative estimate of drug-likeness (QED) is 0.783. The Kier molecular flexibility index (Phi) is 6.44. The molecule has 144 valence electrons. The van der Waals surface area contributed by atoms with Crippen molar-refractivity contribution in [3.8, 4) is 5.75 Å². The van der Waals surface area contributed by atoms with Gasteiger partial charge in [0.1, 0.15) is 5.75 Å². The minimum Gasteiger partial charge on any atom is -0.483 e. The van der Waals surface area contributed by atoms with Crippen LogP contribution in [0, 0.1) is 31.3 Å². The molecule has 0 saturated heterocycles. The molecule has 0 aromatic heterocycles. The van der Waals surface area contributed by atoms with Gasteiger partial charge in [-0.3, -0.25) is 9.59 Å². The van der Waals surface area contributed by atoms with Gasteiger partial charge in [-0.2, -0.15) is 0 Å². The molecule has 0 spiro atoms. The van der Waals surface area contributed by atoms with Gasteiger partial charge >= 0.3 is 0 Å². The predicted molar refractivity (Wildman–Crippen MR) is 94.0 cm³/mol. The zero-order chi connectivity index (χ0) is 20.1. The van der Waals surface area contributed by atoms with Crippen molar-refractivity contribution in [2.75, 3.05) is 25.5 Å². The Balaban J connectivity index is 1.91. The lowest BCUT2D eigenvalue weighted by Gasteiger charge is -2.18. The molecule has 0 bridgehead atoms. The van der Waals surface area contributed by atoms with Crippen LogP contribution in [-0.4, -0.2) is 36.9 Å². The summed E-state index contributed by atoms with van der Waals surface area (Å²) in [5.41, 5.74) is 1.33. The zero-order valence-corrected chi connectivity index (χ0v) is 15.1. The molecule has 5 nitrogen and oxygen atoms in total. The molecule has 8 heteroatoms. The van der Waals surface area contributed by atoms with E-state index in [1.807, 2.05) is 26.0 Å². The van der Waals surface area contributed by atoms with E-state index in [0.29, 0.717) is 11.8 Å². The van der Waals surface area contributed by atoms with E-state index in [1.54, 1.807) is 6.07 Å². The number of amides is 2. The van der Waals surface area contributed by atoms with Gasteiger partial charge in [-0.05, 0) is 43.2 Å². The Bertz CT molecular complexity index is 872. The van der Waals surface area contributed by atoms with Crippen LogP contribution in [0.2, 0.25) is 0 Å². The van der Waals surface area contributed by atoms with Crippen molar-refractivity contribution in [2.24, 2.45) is 0 Å². The molecule has 2 aromatic carbocycles. The van der Waals surface area contributed by atoms with Crippen LogP contribution in [0.15, 0.2) is 30.3 Å². The van der Waals surface area contributed by atoms with Crippen molar-refractivity contribution in [3.05, 3.63) is 58.9 Å². The number of carbonyl (C=O) groups excluding carboxylic acids is 2. The average Bonchev–Trinajstić information content (AvgIpc) is 2.62. The molecule has 0 radical (unpaired) electrons. The van der Waals surface area contributed by atoms with E-state index < -0.39 is 41.5 Å². The summed E-state index contributed by atoms with van der Waals surface area (Å²) in [6.07, 6.45) is 0. The first-order chi connectivity index (χ1) is 12.7. The van der Waals surface area contributed by atoms with Crippen molar-refractivity contribution in [3.63, 3.8) is 0 Å². The normalized spacial score (nSPS) is 10.4. The molecule has 0 aliphatic heterocycles. The molecule has 0 unspecified atom stereocenters. The maximum Gasteiger partial charge on any atom is 0.260 e. The van der Waals surface area contributed by atoms with Crippen molar-refractivity contribution in [2.45, 2.75) is 13.8 Å². The lowest BCUT2D eigenvalue weighted by Crippen LogP contribution is -2.37. The largest absolute Gasteiger partial charge is 0.483 e. The molecule has 2 amide bonds. The molecule has 1 N–H and O–H groups in total. The summed E-state index contributed by atoms with van der Waals surface area (Å²) in [5.74, 6) is -5.22. The topological polar surface area (TPSA) is 58.6 Å². The molecule has 27 heavy (non-hydrogen) atoms. The number of carbonyl (C=O) groups is 2. The highest BCUT2D eigenvalue weighted by molar-refractivity contribution is 5.94. The number of ether oxygens (including phenoxy) is 1. The van der Waals surface area contributed by atoms with Crippen LogP contribution in [0.3, 0.4) is 0 Å². The van der Waals surface area contributed by atoms with Crippen LogP contribution >= 0.6 is 0 Å². The zero-order valence-electron chi connectivity index (χ0n) is 15.1. The van der Waals surface area contributed by atoms with Crippen molar-refractivity contribution < 1.29 is 27.5 Å². The summed E-state index contributed by atoms with van der Waals surface area (Å²) in [7, 11) is 1.37. The van der Waals surface area contributed by atoms with Crippen LogP contribution in [0.5, 0.6) is 5.75 Å². The highest BCUT2D eigenvalue weighted by Crippen LogP contribution is 2.20. The number of likely N-dealkylation sites (N-methyl/N-ethyl adjacent to an activating group) is 1. The molecule has 0 aliphatic carbocycles. The second-order valence-electron chi connectivity index (χ2n) is 6.08. The highest BCUT2D eigenvalue weighted by Gasteiger charge is 2.18. The van der Waals surface area contributed by atoms with Crippen LogP contribution in [0.4, 0.5) is 18.9 Å². The Hall–Kier alpha value is -3.03. The van der Waals surface area contributed by atoms with E-state index in [2.05, 4.69) is 5.32 Å². The smallest absolute Gasteiger partial charge is 0.260 e. The molecule has 2 rings (SSSR count). The van der Waals surface area contributed by atoms with Crippen molar-refractivity contribution in [1.29, 1.82) is 0 Å². The van der Waals surface area contributed by atoms with Gasteiger partial charge in [0.15, 0.2) is 24.1 Å². The standard InChI is InChI=1S/C19H19F3N2O3/c1-11-4-5-12(2)15(8-11)27-10-17(26)24(3)9-16(25)23-14-7-6-13(20)18(21)19(14)22/h4-8H,9-10H2,1-3H3,(H,23,25). The molecular weight excluding hydrogens is 361 g/mol. The summed E-state index contributed by atoms with van der Waals surface area (Å²) in [6.45, 7) is 3.04. The van der Waals surface area contributed by atoms with Gasteiger partial charge in [0.25, 0.3) is 5.91 Å². The SMILES string of the molecule is Cc1ccc(C)c(OCC(=O)N(C)CC(=O)Nc2ccc(F)c(F)c2F)c1. The highest BCUT2D eigenvalue weighted by atomic mass is 19.2. The number of aryl methyl sites for hydroxylation is 2. The first-order valence-corrected chi connectivity index (χ1v) is 8.06. The molecule has 0 heterocycles. The third kappa shape index (κ3) is 5.22. The molecular formula is C19H19F3N2O3. The number of hydrogen-bond donors (Lipinski definition) is 1. The number of hydrogen-bond acceptors (Lipinski definition) is 3. The Morgan fingerprint density at radius 3 is 2.48 bits per heavy atom. The van der Waals surface area contributed by atoms with Gasteiger partial charge in [0.05, 0.1) is 12.2 Å². The maximum absolute atomic E-state index is 13.6. The molecule has 0 atom stereocenters. The van der Waals surface area contributed by atoms with Gasteiger partial charge in [-0.15, -0.1) is 0 Å². The third-order valence-electron chi connectivity index (χ3n) is 3.81. The fourth-order valence-electron chi connectivity index (χ4n) is 2.23. The number of anilines is 1. The Morgan fingerprint density at radius 2 is 1.78 bits per heavy atom. The second kappa shape index (κ2) is 8.57. The summed E-state index contributed by atoms with van der Waals surface area (Å²) in [5, 5.41) is 2.10. The van der Waals surface area contributed by atoms with E-state index in [9.17, 15) is 22.8 Å². The van der Waals surface area contributed by atoms with Crippen LogP contribution in [0.25, 0.3) is 0 Å². The molecule has 2 aromatic rings. The third-order valence-corrected chi connectivity index (χ3v) is 3.81. The predicted octanol–water partition coefficient (Wildman–Crippen LogP) is 3.20. The minimum absolute atomic E-state index is 0.284. The van der Waals surface area contributed by atoms with Crippen LogP contribution < -0.4 is 10.1 Å². The number of halogens is 3. The van der Waals surface area contributed by atoms with Crippen LogP contribution in [-0.2, 0) is 9.59 Å².